The summed E-state index contributed by atoms with van der Waals surface area (Å²) in [6, 6.07) is 0. The third-order valence-corrected chi connectivity index (χ3v) is 3.55. The second-order valence-electron chi connectivity index (χ2n) is 5.77. The quantitative estimate of drug-likeness (QED) is 0.316. The van der Waals surface area contributed by atoms with Gasteiger partial charge in [-0.15, -0.1) is 0 Å². The first-order chi connectivity index (χ1) is 13.4. The summed E-state index contributed by atoms with van der Waals surface area (Å²) in [5.41, 5.74) is 0. The molecule has 0 unspecified atom stereocenters. The van der Waals surface area contributed by atoms with Crippen molar-refractivity contribution in [2.45, 2.75) is 60.0 Å². The Morgan fingerprint density at radius 1 is 0.455 bits per heavy atom. The van der Waals surface area contributed by atoms with Crippen LogP contribution in [0.3, 0.4) is 0 Å². The van der Waals surface area contributed by atoms with Gasteiger partial charge in [-0.1, -0.05) is 0 Å². The smallest absolute Gasteiger partial charge is 0.550 e. The maximum atomic E-state index is 13.2. The van der Waals surface area contributed by atoms with Crippen molar-refractivity contribution >= 4 is 5.97 Å². The number of carboxylic acid groups (broad SMARTS) is 1. The Balaban J connectivity index is 0. The zero-order chi connectivity index (χ0) is 26.8. The van der Waals surface area contributed by atoms with Gasteiger partial charge in [-0.2, -0.15) is 83.4 Å². The molecule has 0 N–H and O–H groups in total. The van der Waals surface area contributed by atoms with E-state index in [0.717, 1.165) is 0 Å². The zero-order valence-corrected chi connectivity index (χ0v) is 17.8. The largest absolute Gasteiger partial charge is 1.00 e. The Morgan fingerprint density at radius 3 is 0.879 bits per heavy atom. The van der Waals surface area contributed by atoms with Crippen molar-refractivity contribution in [2.24, 2.45) is 0 Å². The van der Waals surface area contributed by atoms with E-state index in [1.807, 2.05) is 0 Å². The zero-order valence-electron chi connectivity index (χ0n) is 14.7. The Labute approximate surface area is 209 Å². The average Bonchev–Trinajstić information content (AvgIpc) is 2.51. The molecular weight excluding hydrogens is 564 g/mol. The van der Waals surface area contributed by atoms with Crippen LogP contribution in [0.2, 0.25) is 0 Å². The van der Waals surface area contributed by atoms with Crippen LogP contribution >= 0.6 is 0 Å². The molecule has 22 heteroatoms. The van der Waals surface area contributed by atoms with Gasteiger partial charge in [0, 0.05) is 5.97 Å². The first-order valence-corrected chi connectivity index (χ1v) is 6.71. The molecule has 0 amide bonds. The van der Waals surface area contributed by atoms with E-state index >= 15 is 0 Å². The summed E-state index contributed by atoms with van der Waals surface area (Å²) < 4.78 is 244. The topological polar surface area (TPSA) is 40.1 Å². The maximum absolute atomic E-state index is 13.2. The van der Waals surface area contributed by atoms with Gasteiger partial charge in [0.1, 0.15) is 0 Å². The van der Waals surface area contributed by atoms with Gasteiger partial charge in [0.2, 0.25) is 0 Å². The third kappa shape index (κ3) is 4.78. The van der Waals surface area contributed by atoms with Crippen LogP contribution < -0.4 is 56.5 Å². The number of hydrogen-bond donors (Lipinski definition) is 0. The van der Waals surface area contributed by atoms with Crippen molar-refractivity contribution in [3.05, 3.63) is 0 Å². The SMILES string of the molecule is O=C([O-])CC(F)(F)C(F)(F)C(F)(F)C(F)(F)C(F)(F)C(F)(F)C(F)(F)C(F)(F)C(F)(F)F.[K+]. The van der Waals surface area contributed by atoms with E-state index in [4.69, 9.17) is 0 Å². The molecule has 0 radical (unpaired) electrons. The van der Waals surface area contributed by atoms with E-state index in [0.29, 0.717) is 0 Å². The minimum Gasteiger partial charge on any atom is -0.550 e. The predicted octanol–water partition coefficient (Wildman–Crippen LogP) is 1.78. The Morgan fingerprint density at radius 2 is 0.667 bits per heavy atom. The van der Waals surface area contributed by atoms with Crippen LogP contribution in [0.4, 0.5) is 83.4 Å². The second kappa shape index (κ2) is 9.02. The summed E-state index contributed by atoms with van der Waals surface area (Å²) in [7, 11) is 0. The van der Waals surface area contributed by atoms with E-state index in [9.17, 15) is 93.3 Å². The van der Waals surface area contributed by atoms with Gasteiger partial charge < -0.3 is 9.90 Å². The molecule has 0 aliphatic heterocycles. The van der Waals surface area contributed by atoms with Crippen LogP contribution in [0, 0.1) is 0 Å². The molecule has 0 atom stereocenters. The van der Waals surface area contributed by atoms with E-state index in [2.05, 4.69) is 0 Å². The maximum Gasteiger partial charge on any atom is 1.00 e. The molecule has 192 valence electrons. The normalized spacial score (nSPS) is 15.8. The molecule has 0 bridgehead atoms. The Hall–Kier alpha value is -0.224. The molecule has 0 aromatic carbocycles. The standard InChI is InChI=1S/C11H3F19O2.K/c12-3(13,1-2(31)32)4(14,15)5(16,17)6(18,19)7(20,21)8(22,23)9(24,25)10(26,27)11(28,29)30;/h1H2,(H,31,32);/q;+1/p-1. The molecule has 0 saturated carbocycles. The number of hydrogen-bond acceptors (Lipinski definition) is 2. The van der Waals surface area contributed by atoms with Gasteiger partial charge in [-0.3, -0.25) is 0 Å². The van der Waals surface area contributed by atoms with Gasteiger partial charge in [0.25, 0.3) is 0 Å². The summed E-state index contributed by atoms with van der Waals surface area (Å²) in [4.78, 5) is 9.82. The number of carbonyl (C=O) groups is 1. The third-order valence-electron chi connectivity index (χ3n) is 3.55. The van der Waals surface area contributed by atoms with Crippen LogP contribution in [0.15, 0.2) is 0 Å². The molecule has 0 rings (SSSR count). The van der Waals surface area contributed by atoms with Crippen molar-refractivity contribution in [1.82, 2.24) is 0 Å². The number of carboxylic acids is 1. The first kappa shape index (κ1) is 34.9. The summed E-state index contributed by atoms with van der Waals surface area (Å²) in [6.45, 7) is 0. The van der Waals surface area contributed by atoms with Crippen LogP contribution in [0.5, 0.6) is 0 Å². The molecule has 0 aromatic rings. The van der Waals surface area contributed by atoms with E-state index < -0.39 is 65.9 Å². The monoisotopic (exact) mass is 566 g/mol. The fourth-order valence-corrected chi connectivity index (χ4v) is 1.69. The number of rotatable bonds is 9. The molecule has 0 saturated heterocycles. The van der Waals surface area contributed by atoms with Crippen molar-refractivity contribution in [2.75, 3.05) is 0 Å². The van der Waals surface area contributed by atoms with E-state index in [-0.39, 0.29) is 51.4 Å². The summed E-state index contributed by atoms with van der Waals surface area (Å²) in [5, 5.41) is 9.82. The number of carbonyl (C=O) groups excluding carboxylic acids is 1. The van der Waals surface area contributed by atoms with Gasteiger partial charge in [0.15, 0.2) is 0 Å². The van der Waals surface area contributed by atoms with E-state index in [1.165, 1.54) is 0 Å². The van der Waals surface area contributed by atoms with E-state index in [1.54, 1.807) is 0 Å². The average molecular weight is 566 g/mol. The van der Waals surface area contributed by atoms with Crippen LogP contribution in [0.1, 0.15) is 6.42 Å². The van der Waals surface area contributed by atoms with Crippen molar-refractivity contribution in [3.8, 4) is 0 Å². The first-order valence-electron chi connectivity index (χ1n) is 6.71. The molecule has 0 aromatic heterocycles. The minimum absolute atomic E-state index is 0. The molecule has 2 nitrogen and oxygen atoms in total. The fraction of sp³-hybridized carbons (Fsp3) is 0.909. The van der Waals surface area contributed by atoms with Gasteiger partial charge >= 0.3 is 105 Å². The fourth-order valence-electron chi connectivity index (χ4n) is 1.69. The molecule has 33 heavy (non-hydrogen) atoms. The van der Waals surface area contributed by atoms with Gasteiger partial charge in [-0.25, -0.2) is 0 Å². The van der Waals surface area contributed by atoms with Crippen molar-refractivity contribution in [3.63, 3.8) is 0 Å². The molecular formula is C11H2F19KO2. The second-order valence-corrected chi connectivity index (χ2v) is 5.77. The Bertz CT molecular complexity index is 724. The summed E-state index contributed by atoms with van der Waals surface area (Å²) >= 11 is 0. The van der Waals surface area contributed by atoms with Crippen molar-refractivity contribution < 1.29 is 145 Å². The number of halogens is 19. The van der Waals surface area contributed by atoms with Gasteiger partial charge in [0.05, 0.1) is 6.42 Å². The van der Waals surface area contributed by atoms with Crippen LogP contribution in [-0.2, 0) is 4.79 Å². The predicted molar refractivity (Wildman–Crippen MR) is 55.3 cm³/mol. The van der Waals surface area contributed by atoms with Crippen molar-refractivity contribution in [1.29, 1.82) is 0 Å². The number of alkyl halides is 19. The summed E-state index contributed by atoms with van der Waals surface area (Å²) in [5.74, 6) is -71.4. The molecule has 0 heterocycles. The molecule has 0 aliphatic rings. The Kier molecular flexibility index (Phi) is 9.55. The molecule has 0 aliphatic carbocycles. The van der Waals surface area contributed by atoms with Gasteiger partial charge in [-0.05, 0) is 0 Å². The van der Waals surface area contributed by atoms with Crippen LogP contribution in [0.25, 0.3) is 0 Å². The number of aliphatic carboxylic acids is 1. The minimum atomic E-state index is -9.03. The summed E-state index contributed by atoms with van der Waals surface area (Å²) in [6.07, 6.45) is -11.6. The van der Waals surface area contributed by atoms with Crippen LogP contribution in [-0.4, -0.2) is 59.5 Å². The molecule has 0 fully saturated rings. The molecule has 0 spiro atoms.